The number of benzene rings is 1. The Labute approximate surface area is 124 Å². The predicted molar refractivity (Wildman–Crippen MR) is 80.4 cm³/mol. The number of nitrogens with one attached hydrogen (secondary N) is 1. The number of rotatable bonds is 5. The zero-order valence-electron chi connectivity index (χ0n) is 10.5. The topological polar surface area (TPSA) is 54.9 Å². The molecule has 0 unspecified atom stereocenters. The van der Waals surface area contributed by atoms with E-state index in [4.69, 9.17) is 0 Å². The maximum atomic E-state index is 11.8. The third kappa shape index (κ3) is 4.40. The summed E-state index contributed by atoms with van der Waals surface area (Å²) in [6.07, 6.45) is 1.99. The molecule has 0 fully saturated rings. The fourth-order valence-electron chi connectivity index (χ4n) is 1.58. The molecule has 100 valence electrons. The Hall–Kier alpha value is -1.27. The number of halogens is 1. The summed E-state index contributed by atoms with van der Waals surface area (Å²) in [6, 6.07) is 7.97. The van der Waals surface area contributed by atoms with Gasteiger partial charge in [0.05, 0.1) is 0 Å². The van der Waals surface area contributed by atoms with Crippen LogP contribution in [0.1, 0.15) is 23.9 Å². The van der Waals surface area contributed by atoms with E-state index in [1.807, 2.05) is 31.2 Å². The summed E-state index contributed by atoms with van der Waals surface area (Å²) in [7, 11) is 0. The van der Waals surface area contributed by atoms with Gasteiger partial charge < -0.3 is 5.32 Å². The Bertz CT molecular complexity index is 571. The van der Waals surface area contributed by atoms with Crippen molar-refractivity contribution in [2.45, 2.75) is 26.2 Å². The third-order valence-electron chi connectivity index (χ3n) is 2.55. The Morgan fingerprint density at radius 2 is 2.26 bits per heavy atom. The van der Waals surface area contributed by atoms with Gasteiger partial charge >= 0.3 is 0 Å². The molecule has 0 spiro atoms. The first kappa shape index (κ1) is 14.1. The van der Waals surface area contributed by atoms with Crippen LogP contribution >= 0.6 is 27.3 Å². The molecule has 2 aromatic rings. The van der Waals surface area contributed by atoms with Gasteiger partial charge in [0.15, 0.2) is 0 Å². The van der Waals surface area contributed by atoms with Crippen LogP contribution in [0.15, 0.2) is 28.7 Å². The number of hydrogen-bond donors (Lipinski definition) is 1. The van der Waals surface area contributed by atoms with Crippen molar-refractivity contribution in [1.82, 2.24) is 10.2 Å². The van der Waals surface area contributed by atoms with Crippen LogP contribution in [-0.4, -0.2) is 16.1 Å². The highest BCUT2D eigenvalue weighted by Gasteiger charge is 2.07. The molecule has 2 rings (SSSR count). The van der Waals surface area contributed by atoms with Gasteiger partial charge in [-0.05, 0) is 30.5 Å². The smallest absolute Gasteiger partial charge is 0.226 e. The van der Waals surface area contributed by atoms with Crippen LogP contribution in [0.5, 0.6) is 0 Å². The highest BCUT2D eigenvalue weighted by molar-refractivity contribution is 9.10. The molecule has 1 aromatic heterocycles. The number of hydrogen-bond acceptors (Lipinski definition) is 4. The van der Waals surface area contributed by atoms with E-state index in [2.05, 4.69) is 31.4 Å². The molecule has 0 aliphatic rings. The van der Waals surface area contributed by atoms with Crippen molar-refractivity contribution in [3.8, 4) is 0 Å². The fourth-order valence-corrected chi connectivity index (χ4v) is 2.72. The molecular formula is C13H14BrN3OS. The quantitative estimate of drug-likeness (QED) is 0.907. The van der Waals surface area contributed by atoms with Gasteiger partial charge in [-0.3, -0.25) is 4.79 Å². The molecule has 1 N–H and O–H groups in total. The van der Waals surface area contributed by atoms with E-state index >= 15 is 0 Å². The summed E-state index contributed by atoms with van der Waals surface area (Å²) >= 11 is 4.84. The Kier molecular flexibility index (Phi) is 5.04. The molecule has 4 nitrogen and oxygen atoms in total. The number of nitrogens with zero attached hydrogens (tertiary/aromatic N) is 2. The highest BCUT2D eigenvalue weighted by atomic mass is 79.9. The molecule has 0 saturated carbocycles. The van der Waals surface area contributed by atoms with Gasteiger partial charge in [-0.25, -0.2) is 0 Å². The summed E-state index contributed by atoms with van der Waals surface area (Å²) in [5.74, 6) is -0.0289. The Morgan fingerprint density at radius 1 is 1.42 bits per heavy atom. The van der Waals surface area contributed by atoms with E-state index < -0.39 is 0 Å². The second-order valence-corrected chi connectivity index (χ2v) is 6.01. The zero-order chi connectivity index (χ0) is 13.7. The average molecular weight is 340 g/mol. The SMILES string of the molecule is CCc1nnc(NC(=O)CCc2cccc(Br)c2)s1. The molecule has 0 atom stereocenters. The summed E-state index contributed by atoms with van der Waals surface area (Å²) in [5, 5.41) is 12.2. The number of aryl methyl sites for hydroxylation is 2. The van der Waals surface area contributed by atoms with Crippen LogP contribution in [-0.2, 0) is 17.6 Å². The largest absolute Gasteiger partial charge is 0.301 e. The first-order valence-corrected chi connectivity index (χ1v) is 7.65. The minimum atomic E-state index is -0.0289. The number of amides is 1. The predicted octanol–water partition coefficient (Wildman–Crippen LogP) is 3.43. The lowest BCUT2D eigenvalue weighted by Gasteiger charge is -2.02. The van der Waals surface area contributed by atoms with E-state index in [0.29, 0.717) is 18.0 Å². The van der Waals surface area contributed by atoms with Gasteiger partial charge in [-0.1, -0.05) is 46.3 Å². The lowest BCUT2D eigenvalue weighted by Crippen LogP contribution is -2.12. The van der Waals surface area contributed by atoms with E-state index in [9.17, 15) is 4.79 Å². The minimum Gasteiger partial charge on any atom is -0.301 e. The van der Waals surface area contributed by atoms with Crippen LogP contribution in [0.4, 0.5) is 5.13 Å². The first-order chi connectivity index (χ1) is 9.17. The third-order valence-corrected chi connectivity index (χ3v) is 4.02. The van der Waals surface area contributed by atoms with Crippen molar-refractivity contribution < 1.29 is 4.79 Å². The zero-order valence-corrected chi connectivity index (χ0v) is 12.9. The Morgan fingerprint density at radius 3 is 2.95 bits per heavy atom. The van der Waals surface area contributed by atoms with Gasteiger partial charge in [-0.15, -0.1) is 10.2 Å². The van der Waals surface area contributed by atoms with Crippen molar-refractivity contribution in [3.63, 3.8) is 0 Å². The van der Waals surface area contributed by atoms with E-state index in [0.717, 1.165) is 21.5 Å². The molecule has 1 aromatic carbocycles. The maximum Gasteiger partial charge on any atom is 0.226 e. The molecule has 0 saturated heterocycles. The summed E-state index contributed by atoms with van der Waals surface area (Å²) in [6.45, 7) is 2.01. The van der Waals surface area contributed by atoms with Crippen LogP contribution < -0.4 is 5.32 Å². The van der Waals surface area contributed by atoms with Crippen molar-refractivity contribution in [3.05, 3.63) is 39.3 Å². The van der Waals surface area contributed by atoms with Crippen LogP contribution in [0.2, 0.25) is 0 Å². The number of carbonyl (C=O) groups is 1. The van der Waals surface area contributed by atoms with Gasteiger partial charge in [0.25, 0.3) is 0 Å². The van der Waals surface area contributed by atoms with Gasteiger partial charge in [-0.2, -0.15) is 0 Å². The van der Waals surface area contributed by atoms with Crippen LogP contribution in [0.3, 0.4) is 0 Å². The molecule has 19 heavy (non-hydrogen) atoms. The van der Waals surface area contributed by atoms with E-state index in [-0.39, 0.29) is 5.91 Å². The molecule has 1 amide bonds. The van der Waals surface area contributed by atoms with Gasteiger partial charge in [0, 0.05) is 10.9 Å². The molecule has 6 heteroatoms. The normalized spacial score (nSPS) is 10.4. The second kappa shape index (κ2) is 6.77. The number of anilines is 1. The summed E-state index contributed by atoms with van der Waals surface area (Å²) in [4.78, 5) is 11.8. The summed E-state index contributed by atoms with van der Waals surface area (Å²) in [5.41, 5.74) is 1.14. The van der Waals surface area contributed by atoms with Gasteiger partial charge in [0.2, 0.25) is 11.0 Å². The minimum absolute atomic E-state index is 0.0289. The first-order valence-electron chi connectivity index (χ1n) is 6.04. The van der Waals surface area contributed by atoms with E-state index in [1.54, 1.807) is 0 Å². The van der Waals surface area contributed by atoms with Crippen molar-refractivity contribution in [2.24, 2.45) is 0 Å². The fraction of sp³-hybridized carbons (Fsp3) is 0.308. The van der Waals surface area contributed by atoms with Crippen molar-refractivity contribution in [1.29, 1.82) is 0 Å². The van der Waals surface area contributed by atoms with Gasteiger partial charge in [0.1, 0.15) is 5.01 Å². The molecular weight excluding hydrogens is 326 g/mol. The van der Waals surface area contributed by atoms with Crippen molar-refractivity contribution in [2.75, 3.05) is 5.32 Å². The second-order valence-electron chi connectivity index (χ2n) is 4.03. The van der Waals surface area contributed by atoms with Crippen LogP contribution in [0, 0.1) is 0 Å². The maximum absolute atomic E-state index is 11.8. The average Bonchev–Trinajstić information content (AvgIpc) is 2.84. The molecule has 0 bridgehead atoms. The molecule has 1 heterocycles. The lowest BCUT2D eigenvalue weighted by atomic mass is 10.1. The molecule has 0 radical (unpaired) electrons. The lowest BCUT2D eigenvalue weighted by molar-refractivity contribution is -0.116. The highest BCUT2D eigenvalue weighted by Crippen LogP contribution is 2.16. The van der Waals surface area contributed by atoms with Crippen LogP contribution in [0.25, 0.3) is 0 Å². The standard InChI is InChI=1S/C13H14BrN3OS/c1-2-12-16-17-13(19-12)15-11(18)7-6-9-4-3-5-10(14)8-9/h3-5,8H,2,6-7H2,1H3,(H,15,17,18). The summed E-state index contributed by atoms with van der Waals surface area (Å²) < 4.78 is 1.03. The molecule has 0 aliphatic carbocycles. The van der Waals surface area contributed by atoms with Crippen molar-refractivity contribution >= 4 is 38.3 Å². The molecule has 0 aliphatic heterocycles. The monoisotopic (exact) mass is 339 g/mol. The van der Waals surface area contributed by atoms with E-state index in [1.165, 1.54) is 11.3 Å². The Balaban J connectivity index is 1.84. The number of aromatic nitrogens is 2. The number of carbonyl (C=O) groups excluding carboxylic acids is 1.